The van der Waals surface area contributed by atoms with E-state index in [0.29, 0.717) is 10.0 Å². The minimum atomic E-state index is 0.519. The van der Waals surface area contributed by atoms with E-state index < -0.39 is 0 Å². The zero-order chi connectivity index (χ0) is 19.1. The number of hydrogen-bond donors (Lipinski definition) is 1. The van der Waals surface area contributed by atoms with Gasteiger partial charge in [0.1, 0.15) is 5.82 Å². The molecule has 0 spiro atoms. The maximum absolute atomic E-state index is 6.54. The molecule has 0 bridgehead atoms. The predicted molar refractivity (Wildman–Crippen MR) is 118 cm³/mol. The van der Waals surface area contributed by atoms with E-state index in [-0.39, 0.29) is 0 Å². The van der Waals surface area contributed by atoms with Crippen LogP contribution in [0.5, 0.6) is 0 Å². The van der Waals surface area contributed by atoms with Crippen molar-refractivity contribution in [1.82, 2.24) is 9.78 Å². The fraction of sp³-hybridized carbons (Fsp3) is 0.174. The molecular weight excluding hydrogens is 389 g/mol. The lowest BCUT2D eigenvalue weighted by atomic mass is 9.98. The van der Waals surface area contributed by atoms with Gasteiger partial charge in [-0.25, -0.2) is 4.68 Å². The van der Waals surface area contributed by atoms with Crippen molar-refractivity contribution in [3.63, 3.8) is 0 Å². The zero-order valence-corrected chi connectivity index (χ0v) is 16.8. The summed E-state index contributed by atoms with van der Waals surface area (Å²) in [6, 6.07) is 20.5. The molecule has 1 aromatic heterocycles. The Bertz CT molecular complexity index is 1170. The molecular formula is C23H19Cl2N3. The number of halogens is 2. The molecule has 0 saturated carbocycles. The van der Waals surface area contributed by atoms with Crippen molar-refractivity contribution in [2.75, 3.05) is 11.9 Å². The summed E-state index contributed by atoms with van der Waals surface area (Å²) < 4.78 is 1.92. The Kier molecular flexibility index (Phi) is 4.50. The highest BCUT2D eigenvalue weighted by atomic mass is 35.5. The normalized spacial score (nSPS) is 13.8. The van der Waals surface area contributed by atoms with E-state index in [9.17, 15) is 0 Å². The van der Waals surface area contributed by atoms with Crippen LogP contribution in [0.15, 0.2) is 60.7 Å². The lowest BCUT2D eigenvalue weighted by molar-refractivity contribution is 0.780. The van der Waals surface area contributed by atoms with Crippen LogP contribution in [0.4, 0.5) is 5.82 Å². The molecule has 0 saturated heterocycles. The van der Waals surface area contributed by atoms with Gasteiger partial charge in [0.05, 0.1) is 21.4 Å². The van der Waals surface area contributed by atoms with Gasteiger partial charge in [0, 0.05) is 17.7 Å². The molecule has 1 aliphatic heterocycles. The third-order valence-corrected chi connectivity index (χ3v) is 6.14. The number of hydrogen-bond acceptors (Lipinski definition) is 2. The molecule has 5 heteroatoms. The van der Waals surface area contributed by atoms with Gasteiger partial charge in [-0.15, -0.1) is 0 Å². The molecule has 0 unspecified atom stereocenters. The van der Waals surface area contributed by atoms with E-state index in [2.05, 4.69) is 47.8 Å². The van der Waals surface area contributed by atoms with Crippen molar-refractivity contribution >= 4 is 39.8 Å². The summed E-state index contributed by atoms with van der Waals surface area (Å²) >= 11 is 12.8. The van der Waals surface area contributed by atoms with Crippen molar-refractivity contribution in [3.05, 3.63) is 76.3 Å². The average molecular weight is 408 g/mol. The SMILES string of the molecule is Clc1cccc(-n2nc(-c3cccc4ccccc34)c3c2NCCCC3)c1Cl. The Morgan fingerprint density at radius 3 is 2.64 bits per heavy atom. The van der Waals surface area contributed by atoms with Crippen molar-refractivity contribution in [2.45, 2.75) is 19.3 Å². The smallest absolute Gasteiger partial charge is 0.133 e. The lowest BCUT2D eigenvalue weighted by Gasteiger charge is -2.11. The number of nitrogens with one attached hydrogen (secondary N) is 1. The molecule has 3 nitrogen and oxygen atoms in total. The quantitative estimate of drug-likeness (QED) is 0.398. The van der Waals surface area contributed by atoms with Crippen LogP contribution in [-0.2, 0) is 6.42 Å². The number of fused-ring (bicyclic) bond motifs is 2. The second kappa shape index (κ2) is 7.16. The van der Waals surface area contributed by atoms with Gasteiger partial charge in [0.15, 0.2) is 0 Å². The van der Waals surface area contributed by atoms with Crippen molar-refractivity contribution < 1.29 is 0 Å². The van der Waals surface area contributed by atoms with Crippen molar-refractivity contribution in [2.24, 2.45) is 0 Å². The summed E-state index contributed by atoms with van der Waals surface area (Å²) in [6.45, 7) is 0.922. The van der Waals surface area contributed by atoms with Gasteiger partial charge in [-0.2, -0.15) is 5.10 Å². The molecule has 0 amide bonds. The van der Waals surface area contributed by atoms with Crippen molar-refractivity contribution in [3.8, 4) is 16.9 Å². The van der Waals surface area contributed by atoms with E-state index in [4.69, 9.17) is 28.3 Å². The minimum Gasteiger partial charge on any atom is -0.370 e. The Balaban J connectivity index is 1.80. The largest absolute Gasteiger partial charge is 0.370 e. The molecule has 0 fully saturated rings. The fourth-order valence-corrected chi connectivity index (χ4v) is 4.36. The van der Waals surface area contributed by atoms with Crippen LogP contribution < -0.4 is 5.32 Å². The maximum Gasteiger partial charge on any atom is 0.133 e. The molecule has 140 valence electrons. The molecule has 0 radical (unpaired) electrons. The molecule has 2 heterocycles. The summed E-state index contributed by atoms with van der Waals surface area (Å²) in [5.74, 6) is 1.02. The van der Waals surface area contributed by atoms with E-state index in [0.717, 1.165) is 48.6 Å². The highest BCUT2D eigenvalue weighted by molar-refractivity contribution is 6.43. The first-order valence-corrected chi connectivity index (χ1v) is 10.3. The minimum absolute atomic E-state index is 0.519. The maximum atomic E-state index is 6.54. The number of aromatic nitrogens is 2. The Morgan fingerprint density at radius 2 is 1.71 bits per heavy atom. The molecule has 1 N–H and O–H groups in total. The van der Waals surface area contributed by atoms with E-state index >= 15 is 0 Å². The van der Waals surface area contributed by atoms with E-state index in [1.54, 1.807) is 6.07 Å². The number of nitrogens with zero attached hydrogens (tertiary/aromatic N) is 2. The van der Waals surface area contributed by atoms with Crippen LogP contribution in [0.1, 0.15) is 18.4 Å². The Morgan fingerprint density at radius 1 is 0.893 bits per heavy atom. The van der Waals surface area contributed by atoms with Crippen LogP contribution >= 0.6 is 23.2 Å². The molecule has 0 atom stereocenters. The molecule has 5 rings (SSSR count). The van der Waals surface area contributed by atoms with Gasteiger partial charge >= 0.3 is 0 Å². The molecule has 28 heavy (non-hydrogen) atoms. The predicted octanol–water partition coefficient (Wildman–Crippen LogP) is 6.75. The highest BCUT2D eigenvalue weighted by Crippen LogP contribution is 2.39. The molecule has 0 aliphatic carbocycles. The first-order valence-electron chi connectivity index (χ1n) is 9.52. The standard InChI is InChI=1S/C23H19Cl2N3/c24-19-12-6-13-20(21(19)25)28-23-18(10-3-4-14-26-23)22(27-28)17-11-5-8-15-7-1-2-9-16(15)17/h1-2,5-9,11-13,26H,3-4,10,14H2. The Labute approximate surface area is 173 Å². The Hall–Kier alpha value is -2.49. The number of anilines is 1. The van der Waals surface area contributed by atoms with Crippen LogP contribution in [-0.4, -0.2) is 16.3 Å². The van der Waals surface area contributed by atoms with E-state index in [1.165, 1.54) is 16.3 Å². The summed E-state index contributed by atoms with van der Waals surface area (Å²) in [4.78, 5) is 0. The first kappa shape index (κ1) is 17.6. The van der Waals surface area contributed by atoms with Gasteiger partial charge in [0.25, 0.3) is 0 Å². The lowest BCUT2D eigenvalue weighted by Crippen LogP contribution is -2.07. The van der Waals surface area contributed by atoms with Crippen molar-refractivity contribution in [1.29, 1.82) is 0 Å². The summed E-state index contributed by atoms with van der Waals surface area (Å²) in [6.07, 6.45) is 3.25. The van der Waals surface area contributed by atoms with Gasteiger partial charge in [-0.1, -0.05) is 71.7 Å². The third kappa shape index (κ3) is 2.86. The third-order valence-electron chi connectivity index (χ3n) is 5.33. The summed E-state index contributed by atoms with van der Waals surface area (Å²) in [5.41, 5.74) is 4.20. The van der Waals surface area contributed by atoms with Crippen LogP contribution in [0.2, 0.25) is 10.0 Å². The zero-order valence-electron chi connectivity index (χ0n) is 15.3. The molecule has 4 aromatic rings. The van der Waals surface area contributed by atoms with Gasteiger partial charge < -0.3 is 5.32 Å². The fourth-order valence-electron chi connectivity index (χ4n) is 3.98. The van der Waals surface area contributed by atoms with Crippen LogP contribution in [0.3, 0.4) is 0 Å². The second-order valence-electron chi connectivity index (χ2n) is 7.07. The number of benzene rings is 3. The first-order chi connectivity index (χ1) is 13.7. The highest BCUT2D eigenvalue weighted by Gasteiger charge is 2.24. The average Bonchev–Trinajstić information content (AvgIpc) is 2.90. The number of rotatable bonds is 2. The summed E-state index contributed by atoms with van der Waals surface area (Å²) in [5, 5.41) is 12.1. The van der Waals surface area contributed by atoms with Gasteiger partial charge in [-0.05, 0) is 42.2 Å². The second-order valence-corrected chi connectivity index (χ2v) is 7.86. The van der Waals surface area contributed by atoms with Gasteiger partial charge in [-0.3, -0.25) is 0 Å². The monoisotopic (exact) mass is 407 g/mol. The summed E-state index contributed by atoms with van der Waals surface area (Å²) in [7, 11) is 0. The molecule has 1 aliphatic rings. The van der Waals surface area contributed by atoms with Gasteiger partial charge in [0.2, 0.25) is 0 Å². The molecule has 3 aromatic carbocycles. The van der Waals surface area contributed by atoms with E-state index in [1.807, 2.05) is 16.8 Å². The van der Waals surface area contributed by atoms with Crippen LogP contribution in [0, 0.1) is 0 Å². The van der Waals surface area contributed by atoms with Crippen LogP contribution in [0.25, 0.3) is 27.7 Å². The topological polar surface area (TPSA) is 29.9 Å².